The summed E-state index contributed by atoms with van der Waals surface area (Å²) >= 11 is 0. The molecular weight excluding hydrogens is 242 g/mol. The third kappa shape index (κ3) is 2.06. The number of hydrogen-bond acceptors (Lipinski definition) is 3. The van der Waals surface area contributed by atoms with Crippen LogP contribution in [0.1, 0.15) is 5.56 Å². The lowest BCUT2D eigenvalue weighted by atomic mass is 10.1. The average molecular weight is 253 g/mol. The van der Waals surface area contributed by atoms with E-state index in [0.29, 0.717) is 16.9 Å². The van der Waals surface area contributed by atoms with Crippen molar-refractivity contribution in [3.05, 3.63) is 54.4 Å². The lowest BCUT2D eigenvalue weighted by Gasteiger charge is -1.99. The first-order valence-corrected chi connectivity index (χ1v) is 5.85. The Bertz CT molecular complexity index is 735. The summed E-state index contributed by atoms with van der Waals surface area (Å²) in [5.74, 6) is -0.891. The van der Waals surface area contributed by atoms with Crippen molar-refractivity contribution in [2.24, 2.45) is 0 Å². The molecule has 5 nitrogen and oxygen atoms in total. The summed E-state index contributed by atoms with van der Waals surface area (Å²) in [5, 5.41) is 13.5. The zero-order valence-corrected chi connectivity index (χ0v) is 10.0. The molecule has 0 spiro atoms. The van der Waals surface area contributed by atoms with Crippen LogP contribution in [-0.2, 0) is 11.2 Å². The number of carboxylic acids is 1. The Morgan fingerprint density at radius 3 is 2.74 bits per heavy atom. The molecule has 0 aliphatic carbocycles. The number of rotatable bonds is 3. The molecule has 0 fully saturated rings. The maximum atomic E-state index is 11.0. The molecule has 5 heteroatoms. The SMILES string of the molecule is O=C(O)Cc1c(-c2ccccc2)nn2cccnc12. The second-order valence-electron chi connectivity index (χ2n) is 4.15. The van der Waals surface area contributed by atoms with Crippen molar-refractivity contribution in [3.63, 3.8) is 0 Å². The molecule has 0 saturated carbocycles. The second-order valence-corrected chi connectivity index (χ2v) is 4.15. The minimum absolute atomic E-state index is 0.0925. The van der Waals surface area contributed by atoms with Crippen molar-refractivity contribution in [1.82, 2.24) is 14.6 Å². The maximum absolute atomic E-state index is 11.0. The molecule has 3 aromatic rings. The molecule has 19 heavy (non-hydrogen) atoms. The zero-order chi connectivity index (χ0) is 13.2. The molecule has 0 aliphatic heterocycles. The van der Waals surface area contributed by atoms with Gasteiger partial charge in [0.1, 0.15) is 0 Å². The van der Waals surface area contributed by atoms with Gasteiger partial charge in [0.15, 0.2) is 5.65 Å². The average Bonchev–Trinajstić information content (AvgIpc) is 2.78. The summed E-state index contributed by atoms with van der Waals surface area (Å²) in [6, 6.07) is 11.3. The van der Waals surface area contributed by atoms with Gasteiger partial charge in [0.05, 0.1) is 12.1 Å². The van der Waals surface area contributed by atoms with E-state index in [1.165, 1.54) is 0 Å². The molecule has 3 rings (SSSR count). The third-order valence-corrected chi connectivity index (χ3v) is 2.87. The normalized spacial score (nSPS) is 10.7. The largest absolute Gasteiger partial charge is 0.481 e. The highest BCUT2D eigenvalue weighted by Crippen LogP contribution is 2.25. The highest BCUT2D eigenvalue weighted by molar-refractivity contribution is 5.79. The van der Waals surface area contributed by atoms with Crippen molar-refractivity contribution in [2.75, 3.05) is 0 Å². The van der Waals surface area contributed by atoms with Gasteiger partial charge in [-0.3, -0.25) is 4.79 Å². The van der Waals surface area contributed by atoms with Crippen LogP contribution in [0.25, 0.3) is 16.9 Å². The summed E-state index contributed by atoms with van der Waals surface area (Å²) in [4.78, 5) is 15.2. The highest BCUT2D eigenvalue weighted by atomic mass is 16.4. The van der Waals surface area contributed by atoms with Gasteiger partial charge in [0.2, 0.25) is 0 Å². The topological polar surface area (TPSA) is 67.5 Å². The summed E-state index contributed by atoms with van der Waals surface area (Å²) in [6.07, 6.45) is 3.31. The standard InChI is InChI=1S/C14H11N3O2/c18-12(19)9-11-13(10-5-2-1-3-6-10)16-17-8-4-7-15-14(11)17/h1-8H,9H2,(H,18,19). The predicted molar refractivity (Wildman–Crippen MR) is 69.8 cm³/mol. The van der Waals surface area contributed by atoms with Gasteiger partial charge in [-0.2, -0.15) is 5.10 Å². The number of benzene rings is 1. The van der Waals surface area contributed by atoms with Gasteiger partial charge in [-0.25, -0.2) is 9.50 Å². The van der Waals surface area contributed by atoms with E-state index < -0.39 is 5.97 Å². The quantitative estimate of drug-likeness (QED) is 0.775. The molecule has 0 atom stereocenters. The number of fused-ring (bicyclic) bond motifs is 1. The first-order chi connectivity index (χ1) is 9.25. The third-order valence-electron chi connectivity index (χ3n) is 2.87. The molecular formula is C14H11N3O2. The minimum atomic E-state index is -0.891. The predicted octanol–water partition coefficient (Wildman–Crippen LogP) is 2.02. The summed E-state index contributed by atoms with van der Waals surface area (Å²) in [7, 11) is 0. The Morgan fingerprint density at radius 2 is 2.00 bits per heavy atom. The molecule has 2 aromatic heterocycles. The lowest BCUT2D eigenvalue weighted by Crippen LogP contribution is -2.01. The van der Waals surface area contributed by atoms with Crippen molar-refractivity contribution in [1.29, 1.82) is 0 Å². The minimum Gasteiger partial charge on any atom is -0.481 e. The van der Waals surface area contributed by atoms with Crippen LogP contribution >= 0.6 is 0 Å². The van der Waals surface area contributed by atoms with Gasteiger partial charge in [-0.1, -0.05) is 30.3 Å². The number of nitrogens with zero attached hydrogens (tertiary/aromatic N) is 3. The van der Waals surface area contributed by atoms with Crippen LogP contribution in [-0.4, -0.2) is 25.7 Å². The van der Waals surface area contributed by atoms with Crippen molar-refractivity contribution in [2.45, 2.75) is 6.42 Å². The monoisotopic (exact) mass is 253 g/mol. The van der Waals surface area contributed by atoms with Crippen LogP contribution < -0.4 is 0 Å². The van der Waals surface area contributed by atoms with E-state index in [1.807, 2.05) is 30.3 Å². The van der Waals surface area contributed by atoms with Crippen LogP contribution in [0.15, 0.2) is 48.8 Å². The molecule has 0 aliphatic rings. The van der Waals surface area contributed by atoms with E-state index in [4.69, 9.17) is 5.11 Å². The zero-order valence-electron chi connectivity index (χ0n) is 10.0. The first kappa shape index (κ1) is 11.4. The van der Waals surface area contributed by atoms with E-state index in [-0.39, 0.29) is 6.42 Å². The lowest BCUT2D eigenvalue weighted by molar-refractivity contribution is -0.136. The smallest absolute Gasteiger partial charge is 0.308 e. The van der Waals surface area contributed by atoms with E-state index in [2.05, 4.69) is 10.1 Å². The van der Waals surface area contributed by atoms with E-state index in [9.17, 15) is 4.79 Å². The van der Waals surface area contributed by atoms with Gasteiger partial charge in [-0.15, -0.1) is 0 Å². The van der Waals surface area contributed by atoms with Crippen LogP contribution in [0.2, 0.25) is 0 Å². The molecule has 0 saturated heterocycles. The molecule has 1 aromatic carbocycles. The molecule has 0 amide bonds. The van der Waals surface area contributed by atoms with Gasteiger partial charge in [-0.05, 0) is 6.07 Å². The fraction of sp³-hybridized carbons (Fsp3) is 0.0714. The summed E-state index contributed by atoms with van der Waals surface area (Å²) in [6.45, 7) is 0. The van der Waals surface area contributed by atoms with Crippen molar-refractivity contribution >= 4 is 11.6 Å². The Morgan fingerprint density at radius 1 is 1.21 bits per heavy atom. The number of carboxylic acid groups (broad SMARTS) is 1. The Labute approximate surface area is 109 Å². The van der Waals surface area contributed by atoms with Gasteiger partial charge < -0.3 is 5.11 Å². The molecule has 0 bridgehead atoms. The van der Waals surface area contributed by atoms with E-state index >= 15 is 0 Å². The van der Waals surface area contributed by atoms with Gasteiger partial charge in [0, 0.05) is 23.5 Å². The molecule has 0 radical (unpaired) electrons. The molecule has 94 valence electrons. The van der Waals surface area contributed by atoms with E-state index in [1.54, 1.807) is 23.0 Å². The summed E-state index contributed by atoms with van der Waals surface area (Å²) in [5.41, 5.74) is 2.79. The van der Waals surface area contributed by atoms with Crippen molar-refractivity contribution < 1.29 is 9.90 Å². The van der Waals surface area contributed by atoms with Crippen LogP contribution in [0.4, 0.5) is 0 Å². The van der Waals surface area contributed by atoms with Gasteiger partial charge >= 0.3 is 5.97 Å². The Hall–Kier alpha value is -2.69. The fourth-order valence-electron chi connectivity index (χ4n) is 2.08. The number of carbonyl (C=O) groups is 1. The van der Waals surface area contributed by atoms with Crippen LogP contribution in [0.5, 0.6) is 0 Å². The Kier molecular flexibility index (Phi) is 2.72. The molecule has 2 heterocycles. The first-order valence-electron chi connectivity index (χ1n) is 5.85. The molecule has 0 unspecified atom stereocenters. The number of aromatic nitrogens is 3. The van der Waals surface area contributed by atoms with Crippen LogP contribution in [0.3, 0.4) is 0 Å². The molecule has 1 N–H and O–H groups in total. The Balaban J connectivity index is 2.26. The number of aliphatic carboxylic acids is 1. The highest BCUT2D eigenvalue weighted by Gasteiger charge is 2.17. The van der Waals surface area contributed by atoms with Gasteiger partial charge in [0.25, 0.3) is 0 Å². The second kappa shape index (κ2) is 4.53. The summed E-state index contributed by atoms with van der Waals surface area (Å²) < 4.78 is 1.61. The fourth-order valence-corrected chi connectivity index (χ4v) is 2.08. The van der Waals surface area contributed by atoms with Crippen LogP contribution in [0, 0.1) is 0 Å². The van der Waals surface area contributed by atoms with E-state index in [0.717, 1.165) is 5.56 Å². The number of hydrogen-bond donors (Lipinski definition) is 1. The van der Waals surface area contributed by atoms with Crippen molar-refractivity contribution in [3.8, 4) is 11.3 Å². The maximum Gasteiger partial charge on any atom is 0.308 e.